The molecule has 2 N–H and O–H groups in total. The normalized spacial score (nSPS) is 11.2. The molecule has 0 amide bonds. The van der Waals surface area contributed by atoms with Crippen LogP contribution in [0.3, 0.4) is 0 Å². The van der Waals surface area contributed by atoms with E-state index in [0.717, 1.165) is 10.2 Å². The maximum Gasteiger partial charge on any atom is 0.337 e. The molecule has 0 aliphatic rings. The molecule has 0 unspecified atom stereocenters. The molecule has 5 heteroatoms. The minimum atomic E-state index is -0.961. The topological polar surface area (TPSA) is 58.6 Å². The van der Waals surface area contributed by atoms with Crippen LogP contribution in [0.1, 0.15) is 36.7 Å². The fourth-order valence-corrected chi connectivity index (χ4v) is 2.61. The van der Waals surface area contributed by atoms with Gasteiger partial charge in [0.1, 0.15) is 12.4 Å². The Hall–Kier alpha value is -2.01. The van der Waals surface area contributed by atoms with Crippen molar-refractivity contribution in [3.8, 4) is 5.75 Å². The lowest BCUT2D eigenvalue weighted by Gasteiger charge is -2.19. The number of halogens is 1. The minimum absolute atomic E-state index is 0.120. The maximum atomic E-state index is 11.2. The van der Waals surface area contributed by atoms with E-state index in [1.165, 1.54) is 5.56 Å². The first-order valence-corrected chi connectivity index (χ1v) is 8.57. The SMILES string of the molecule is CC(C)(C)c1ccc(OCCNc2ccc(Br)cc2C(=O)O)cc1. The van der Waals surface area contributed by atoms with Gasteiger partial charge in [0.2, 0.25) is 0 Å². The number of carboxylic acids is 1. The lowest BCUT2D eigenvalue weighted by molar-refractivity contribution is 0.0698. The highest BCUT2D eigenvalue weighted by Crippen LogP contribution is 2.24. The second-order valence-corrected chi connectivity index (χ2v) is 7.46. The summed E-state index contributed by atoms with van der Waals surface area (Å²) in [5, 5.41) is 12.3. The van der Waals surface area contributed by atoms with Crippen LogP contribution in [0, 0.1) is 0 Å². The third-order valence-corrected chi connectivity index (χ3v) is 4.11. The summed E-state index contributed by atoms with van der Waals surface area (Å²) >= 11 is 3.28. The van der Waals surface area contributed by atoms with E-state index in [0.29, 0.717) is 18.8 Å². The fourth-order valence-electron chi connectivity index (χ4n) is 2.25. The number of nitrogens with one attached hydrogen (secondary N) is 1. The van der Waals surface area contributed by atoms with Crippen molar-refractivity contribution in [2.24, 2.45) is 0 Å². The molecular weight excluding hydrogens is 370 g/mol. The number of rotatable bonds is 6. The molecule has 4 nitrogen and oxygen atoms in total. The Kier molecular flexibility index (Phi) is 5.89. The summed E-state index contributed by atoms with van der Waals surface area (Å²) in [6.45, 7) is 7.48. The van der Waals surface area contributed by atoms with Gasteiger partial charge in [-0.05, 0) is 41.3 Å². The van der Waals surface area contributed by atoms with Crippen molar-refractivity contribution in [1.82, 2.24) is 0 Å². The molecule has 0 saturated carbocycles. The molecular formula is C19H22BrNO3. The van der Waals surface area contributed by atoms with Gasteiger partial charge in [-0.2, -0.15) is 0 Å². The van der Waals surface area contributed by atoms with Gasteiger partial charge >= 0.3 is 5.97 Å². The van der Waals surface area contributed by atoms with Crippen LogP contribution in [-0.4, -0.2) is 24.2 Å². The molecule has 0 aliphatic heterocycles. The summed E-state index contributed by atoms with van der Waals surface area (Å²) in [5.41, 5.74) is 2.19. The van der Waals surface area contributed by atoms with Gasteiger partial charge in [-0.25, -0.2) is 4.79 Å². The lowest BCUT2D eigenvalue weighted by atomic mass is 9.87. The molecule has 0 spiro atoms. The molecule has 2 aromatic carbocycles. The molecule has 0 aliphatic carbocycles. The van der Waals surface area contributed by atoms with Crippen molar-refractivity contribution in [2.45, 2.75) is 26.2 Å². The molecule has 2 rings (SSSR count). The summed E-state index contributed by atoms with van der Waals surface area (Å²) in [5.74, 6) is -0.156. The van der Waals surface area contributed by atoms with Crippen molar-refractivity contribution in [3.05, 3.63) is 58.1 Å². The van der Waals surface area contributed by atoms with Gasteiger partial charge in [-0.15, -0.1) is 0 Å². The molecule has 0 atom stereocenters. The number of carbonyl (C=O) groups is 1. The van der Waals surface area contributed by atoms with Crippen molar-refractivity contribution < 1.29 is 14.6 Å². The van der Waals surface area contributed by atoms with E-state index in [1.54, 1.807) is 18.2 Å². The van der Waals surface area contributed by atoms with Gasteiger partial charge < -0.3 is 15.2 Å². The van der Waals surface area contributed by atoms with Crippen molar-refractivity contribution in [2.75, 3.05) is 18.5 Å². The average Bonchev–Trinajstić information content (AvgIpc) is 2.52. The van der Waals surface area contributed by atoms with Crippen LogP contribution in [-0.2, 0) is 5.41 Å². The number of carboxylic acid groups (broad SMARTS) is 1. The van der Waals surface area contributed by atoms with Gasteiger partial charge in [0.15, 0.2) is 0 Å². The van der Waals surface area contributed by atoms with Crippen LogP contribution in [0.25, 0.3) is 0 Å². The average molecular weight is 392 g/mol. The lowest BCUT2D eigenvalue weighted by Crippen LogP contribution is -2.14. The van der Waals surface area contributed by atoms with Crippen molar-refractivity contribution >= 4 is 27.6 Å². The molecule has 0 saturated heterocycles. The van der Waals surface area contributed by atoms with E-state index in [1.807, 2.05) is 12.1 Å². The Balaban J connectivity index is 1.88. The molecule has 2 aromatic rings. The first-order valence-electron chi connectivity index (χ1n) is 7.77. The van der Waals surface area contributed by atoms with E-state index in [-0.39, 0.29) is 11.0 Å². The van der Waals surface area contributed by atoms with E-state index in [9.17, 15) is 9.90 Å². The van der Waals surface area contributed by atoms with Crippen LogP contribution in [0.15, 0.2) is 46.9 Å². The second kappa shape index (κ2) is 7.71. The first kappa shape index (κ1) is 18.3. The Bertz CT molecular complexity index is 706. The van der Waals surface area contributed by atoms with Gasteiger partial charge in [0.25, 0.3) is 0 Å². The highest BCUT2D eigenvalue weighted by molar-refractivity contribution is 9.10. The summed E-state index contributed by atoms with van der Waals surface area (Å²) in [6, 6.07) is 13.2. The summed E-state index contributed by atoms with van der Waals surface area (Å²) in [6.07, 6.45) is 0. The van der Waals surface area contributed by atoms with Gasteiger partial charge in [-0.3, -0.25) is 0 Å². The highest BCUT2D eigenvalue weighted by atomic mass is 79.9. The quantitative estimate of drug-likeness (QED) is 0.684. The van der Waals surface area contributed by atoms with Gasteiger partial charge in [0, 0.05) is 16.7 Å². The largest absolute Gasteiger partial charge is 0.492 e. The van der Waals surface area contributed by atoms with Crippen LogP contribution < -0.4 is 10.1 Å². The Labute approximate surface area is 151 Å². The molecule has 0 bridgehead atoms. The van der Waals surface area contributed by atoms with E-state index in [2.05, 4.69) is 54.2 Å². The number of anilines is 1. The summed E-state index contributed by atoms with van der Waals surface area (Å²) < 4.78 is 6.44. The molecule has 128 valence electrons. The fraction of sp³-hybridized carbons (Fsp3) is 0.316. The first-order chi connectivity index (χ1) is 11.3. The Morgan fingerprint density at radius 1 is 1.17 bits per heavy atom. The summed E-state index contributed by atoms with van der Waals surface area (Å²) in [4.78, 5) is 11.2. The number of hydrogen-bond acceptors (Lipinski definition) is 3. The minimum Gasteiger partial charge on any atom is -0.492 e. The van der Waals surface area contributed by atoms with Crippen LogP contribution >= 0.6 is 15.9 Å². The molecule has 24 heavy (non-hydrogen) atoms. The van der Waals surface area contributed by atoms with Crippen molar-refractivity contribution in [3.63, 3.8) is 0 Å². The van der Waals surface area contributed by atoms with Crippen LogP contribution in [0.2, 0.25) is 0 Å². The van der Waals surface area contributed by atoms with Gasteiger partial charge in [-0.1, -0.05) is 48.8 Å². The Morgan fingerprint density at radius 3 is 2.42 bits per heavy atom. The second-order valence-electron chi connectivity index (χ2n) is 6.54. The number of aromatic carboxylic acids is 1. The van der Waals surface area contributed by atoms with Crippen LogP contribution in [0.5, 0.6) is 5.75 Å². The molecule has 0 heterocycles. The van der Waals surface area contributed by atoms with E-state index >= 15 is 0 Å². The highest BCUT2D eigenvalue weighted by Gasteiger charge is 2.13. The van der Waals surface area contributed by atoms with Crippen molar-refractivity contribution in [1.29, 1.82) is 0 Å². The third-order valence-electron chi connectivity index (χ3n) is 3.62. The molecule has 0 radical (unpaired) electrons. The predicted molar refractivity (Wildman–Crippen MR) is 100 cm³/mol. The Morgan fingerprint density at radius 2 is 1.83 bits per heavy atom. The van der Waals surface area contributed by atoms with Crippen LogP contribution in [0.4, 0.5) is 5.69 Å². The molecule has 0 aromatic heterocycles. The monoisotopic (exact) mass is 391 g/mol. The zero-order chi connectivity index (χ0) is 17.7. The van der Waals surface area contributed by atoms with E-state index in [4.69, 9.17) is 4.74 Å². The molecule has 0 fully saturated rings. The third kappa shape index (κ3) is 4.99. The van der Waals surface area contributed by atoms with Gasteiger partial charge in [0.05, 0.1) is 5.56 Å². The number of benzene rings is 2. The smallest absolute Gasteiger partial charge is 0.337 e. The van der Waals surface area contributed by atoms with E-state index < -0.39 is 5.97 Å². The maximum absolute atomic E-state index is 11.2. The predicted octanol–water partition coefficient (Wildman–Crippen LogP) is 4.94. The zero-order valence-electron chi connectivity index (χ0n) is 14.1. The zero-order valence-corrected chi connectivity index (χ0v) is 15.7. The number of ether oxygens (including phenoxy) is 1. The number of hydrogen-bond donors (Lipinski definition) is 2. The summed E-state index contributed by atoms with van der Waals surface area (Å²) in [7, 11) is 0. The standard InChI is InChI=1S/C19H22BrNO3/c1-19(2,3)13-4-7-15(8-5-13)24-11-10-21-17-9-6-14(20)12-16(17)18(22)23/h4-9,12,21H,10-11H2,1-3H3,(H,22,23).